The SMILES string of the molecule is CCCC[B-]1(c2cccc3c2sc2ccccc23)OC(C)(C)C(C)(C)O1.[Li+]. The second kappa shape index (κ2) is 7.25. The Morgan fingerprint density at radius 3 is 2.19 bits per heavy atom. The smallest absolute Gasteiger partial charge is 0.558 e. The molecule has 0 unspecified atom stereocenters. The van der Waals surface area contributed by atoms with Crippen molar-refractivity contribution in [3.8, 4) is 0 Å². The van der Waals surface area contributed by atoms with Gasteiger partial charge in [-0.05, 0) is 39.1 Å². The Labute approximate surface area is 178 Å². The second-order valence-electron chi connectivity index (χ2n) is 8.59. The van der Waals surface area contributed by atoms with Crippen LogP contribution in [0.1, 0.15) is 47.5 Å². The van der Waals surface area contributed by atoms with Crippen molar-refractivity contribution in [1.29, 1.82) is 0 Å². The van der Waals surface area contributed by atoms with Gasteiger partial charge in [-0.2, -0.15) is 0 Å². The molecule has 0 amide bonds. The summed E-state index contributed by atoms with van der Waals surface area (Å²) in [6.07, 6.45) is 3.18. The van der Waals surface area contributed by atoms with E-state index in [1.165, 1.54) is 25.6 Å². The van der Waals surface area contributed by atoms with Crippen LogP contribution in [0.15, 0.2) is 42.5 Å². The maximum atomic E-state index is 6.79. The summed E-state index contributed by atoms with van der Waals surface area (Å²) in [5.74, 6) is 0. The van der Waals surface area contributed by atoms with Crippen LogP contribution in [0.2, 0.25) is 6.32 Å². The van der Waals surface area contributed by atoms with Crippen molar-refractivity contribution in [2.45, 2.75) is 65.0 Å². The Bertz CT molecular complexity index is 947. The molecule has 0 spiro atoms. The first-order valence-electron chi connectivity index (χ1n) is 9.76. The summed E-state index contributed by atoms with van der Waals surface area (Å²) < 4.78 is 16.2. The number of benzene rings is 2. The molecular formula is C22H28BLiO2S. The quantitative estimate of drug-likeness (QED) is 0.654. The van der Waals surface area contributed by atoms with E-state index < -0.39 is 6.55 Å². The van der Waals surface area contributed by atoms with Crippen LogP contribution in [-0.4, -0.2) is 17.8 Å². The van der Waals surface area contributed by atoms with E-state index in [0.29, 0.717) is 0 Å². The van der Waals surface area contributed by atoms with Crippen molar-refractivity contribution < 1.29 is 28.2 Å². The predicted octanol–water partition coefficient (Wildman–Crippen LogP) is 3.11. The summed E-state index contributed by atoms with van der Waals surface area (Å²) in [6, 6.07) is 15.3. The van der Waals surface area contributed by atoms with Gasteiger partial charge in [0.15, 0.2) is 0 Å². The third-order valence-corrected chi connectivity index (χ3v) is 7.50. The molecule has 2 nitrogen and oxygen atoms in total. The number of rotatable bonds is 4. The number of hydrogen-bond donors (Lipinski definition) is 0. The number of fused-ring (bicyclic) bond motifs is 3. The first-order chi connectivity index (χ1) is 12.3. The van der Waals surface area contributed by atoms with Crippen LogP contribution < -0.4 is 24.3 Å². The molecular weight excluding hydrogens is 346 g/mol. The molecule has 0 bridgehead atoms. The van der Waals surface area contributed by atoms with Crippen LogP contribution in [0.25, 0.3) is 20.2 Å². The van der Waals surface area contributed by atoms with Gasteiger partial charge < -0.3 is 9.31 Å². The summed E-state index contributed by atoms with van der Waals surface area (Å²) in [7, 11) is 0. The Balaban J connectivity index is 0.00000210. The van der Waals surface area contributed by atoms with Gasteiger partial charge in [0.1, 0.15) is 0 Å². The molecule has 2 aromatic carbocycles. The van der Waals surface area contributed by atoms with E-state index in [1.54, 1.807) is 0 Å². The van der Waals surface area contributed by atoms with Crippen molar-refractivity contribution >= 4 is 43.5 Å². The normalized spacial score (nSPS) is 20.0. The van der Waals surface area contributed by atoms with Gasteiger partial charge in [-0.1, -0.05) is 56.2 Å². The molecule has 2 heterocycles. The fourth-order valence-corrected chi connectivity index (χ4v) is 5.56. The molecule has 0 radical (unpaired) electrons. The molecule has 0 atom stereocenters. The largest absolute Gasteiger partial charge is 1.00 e. The molecule has 1 fully saturated rings. The zero-order valence-electron chi connectivity index (χ0n) is 17.5. The van der Waals surface area contributed by atoms with E-state index in [4.69, 9.17) is 9.31 Å². The fraction of sp³-hybridized carbons (Fsp3) is 0.455. The van der Waals surface area contributed by atoms with E-state index in [-0.39, 0.29) is 30.1 Å². The van der Waals surface area contributed by atoms with Crippen LogP contribution in [0, 0.1) is 0 Å². The maximum Gasteiger partial charge on any atom is 1.00 e. The molecule has 27 heavy (non-hydrogen) atoms. The third kappa shape index (κ3) is 3.30. The van der Waals surface area contributed by atoms with Gasteiger partial charge >= 0.3 is 18.9 Å². The molecule has 0 saturated carbocycles. The summed E-state index contributed by atoms with van der Waals surface area (Å²) in [5, 5.41) is 2.64. The van der Waals surface area contributed by atoms with E-state index in [2.05, 4.69) is 77.1 Å². The van der Waals surface area contributed by atoms with Crippen LogP contribution >= 0.6 is 11.3 Å². The van der Waals surface area contributed by atoms with Gasteiger partial charge in [-0.25, -0.2) is 0 Å². The monoisotopic (exact) mass is 374 g/mol. The van der Waals surface area contributed by atoms with Crippen molar-refractivity contribution in [1.82, 2.24) is 0 Å². The molecule has 138 valence electrons. The molecule has 0 N–H and O–H groups in total. The van der Waals surface area contributed by atoms with Gasteiger partial charge in [-0.3, -0.25) is 0 Å². The Morgan fingerprint density at radius 2 is 1.52 bits per heavy atom. The summed E-state index contributed by atoms with van der Waals surface area (Å²) in [5.41, 5.74) is 0.606. The van der Waals surface area contributed by atoms with E-state index in [1.807, 2.05) is 11.3 Å². The van der Waals surface area contributed by atoms with Crippen molar-refractivity contribution in [2.75, 3.05) is 0 Å². The number of thiophene rings is 1. The Kier molecular flexibility index (Phi) is 5.63. The van der Waals surface area contributed by atoms with Gasteiger partial charge in [0, 0.05) is 26.0 Å². The molecule has 4 rings (SSSR count). The molecule has 0 aliphatic carbocycles. The molecule has 1 aromatic heterocycles. The van der Waals surface area contributed by atoms with Crippen LogP contribution in [0.4, 0.5) is 0 Å². The summed E-state index contributed by atoms with van der Waals surface area (Å²) in [6.45, 7) is 9.37. The maximum absolute atomic E-state index is 6.79. The first kappa shape index (κ1) is 21.0. The molecule has 1 aliphatic heterocycles. The molecule has 1 aliphatic rings. The Hall–Kier alpha value is -0.758. The Morgan fingerprint density at radius 1 is 0.889 bits per heavy atom. The average Bonchev–Trinajstić information content (AvgIpc) is 3.05. The van der Waals surface area contributed by atoms with E-state index in [9.17, 15) is 0 Å². The molecule has 1 saturated heterocycles. The van der Waals surface area contributed by atoms with Crippen LogP contribution in [-0.2, 0) is 9.31 Å². The predicted molar refractivity (Wildman–Crippen MR) is 115 cm³/mol. The summed E-state index contributed by atoms with van der Waals surface area (Å²) in [4.78, 5) is 0. The minimum Gasteiger partial charge on any atom is -0.558 e. The summed E-state index contributed by atoms with van der Waals surface area (Å²) >= 11 is 1.86. The standard InChI is InChI=1S/C22H28BO2S.Li/c1-6-7-15-23(24-21(2,3)22(4,5)25-23)18-13-10-12-17-16-11-8-9-14-19(16)26-20(17)18;/h8-14H,6-7,15H2,1-5H3;/q-1;+1. The fourth-order valence-electron chi connectivity index (χ4n) is 4.25. The van der Waals surface area contributed by atoms with Crippen LogP contribution in [0.5, 0.6) is 0 Å². The molecule has 3 aromatic rings. The van der Waals surface area contributed by atoms with Crippen molar-refractivity contribution in [3.63, 3.8) is 0 Å². The van der Waals surface area contributed by atoms with Gasteiger partial charge in [0.25, 0.3) is 6.55 Å². The zero-order chi connectivity index (χ0) is 18.6. The topological polar surface area (TPSA) is 18.5 Å². The number of unbranched alkanes of at least 4 members (excludes halogenated alkanes) is 1. The van der Waals surface area contributed by atoms with E-state index in [0.717, 1.165) is 19.2 Å². The molecule has 5 heteroatoms. The third-order valence-electron chi connectivity index (χ3n) is 6.27. The first-order valence-corrected chi connectivity index (χ1v) is 10.6. The minimum absolute atomic E-state index is 0. The average molecular weight is 374 g/mol. The van der Waals surface area contributed by atoms with Crippen molar-refractivity contribution in [2.24, 2.45) is 0 Å². The minimum atomic E-state index is -1.51. The van der Waals surface area contributed by atoms with Gasteiger partial charge in [0.05, 0.1) is 0 Å². The van der Waals surface area contributed by atoms with Gasteiger partial charge in [0.2, 0.25) is 0 Å². The van der Waals surface area contributed by atoms with Crippen LogP contribution in [0.3, 0.4) is 0 Å². The zero-order valence-corrected chi connectivity index (χ0v) is 18.3. The van der Waals surface area contributed by atoms with Crippen molar-refractivity contribution in [3.05, 3.63) is 42.5 Å². The number of hydrogen-bond acceptors (Lipinski definition) is 3. The second-order valence-corrected chi connectivity index (χ2v) is 9.64. The van der Waals surface area contributed by atoms with Gasteiger partial charge in [-0.15, -0.1) is 23.1 Å². The van der Waals surface area contributed by atoms with E-state index >= 15 is 0 Å².